The summed E-state index contributed by atoms with van der Waals surface area (Å²) in [5.74, 6) is 1.68. The van der Waals surface area contributed by atoms with Gasteiger partial charge in [-0.1, -0.05) is 0 Å². The molecule has 0 aromatic heterocycles. The molecule has 0 heterocycles. The second-order valence-electron chi connectivity index (χ2n) is 3.96. The number of ether oxygens (including phenoxy) is 2. The summed E-state index contributed by atoms with van der Waals surface area (Å²) in [6.07, 6.45) is 0. The molecule has 100 valence electrons. The lowest BCUT2D eigenvalue weighted by Gasteiger charge is -2.23. The van der Waals surface area contributed by atoms with Crippen molar-refractivity contribution in [1.82, 2.24) is 5.43 Å². The number of rotatable bonds is 5. The maximum Gasteiger partial charge on any atom is 0.119 e. The summed E-state index contributed by atoms with van der Waals surface area (Å²) < 4.78 is 10.3. The average molecular weight is 258 g/mol. The minimum Gasteiger partial charge on any atom is -0.497 e. The third-order valence-corrected chi connectivity index (χ3v) is 2.88. The van der Waals surface area contributed by atoms with E-state index in [4.69, 9.17) is 9.47 Å². The highest BCUT2D eigenvalue weighted by Gasteiger charge is 2.07. The first-order valence-electron chi connectivity index (χ1n) is 6.04. The Kier molecular flexibility index (Phi) is 4.26. The number of benzene rings is 2. The normalized spacial score (nSPS) is 10.1. The molecule has 0 saturated heterocycles. The summed E-state index contributed by atoms with van der Waals surface area (Å²) in [4.78, 5) is 0. The zero-order valence-corrected chi connectivity index (χ0v) is 11.4. The maximum atomic E-state index is 5.16. The first kappa shape index (κ1) is 13.2. The Morgan fingerprint density at radius 2 is 1.11 bits per heavy atom. The summed E-state index contributed by atoms with van der Waals surface area (Å²) >= 11 is 0. The van der Waals surface area contributed by atoms with Gasteiger partial charge in [0.1, 0.15) is 11.5 Å². The van der Waals surface area contributed by atoms with E-state index in [1.165, 1.54) is 0 Å². The maximum absolute atomic E-state index is 5.16. The van der Waals surface area contributed by atoms with E-state index < -0.39 is 0 Å². The molecule has 0 aliphatic carbocycles. The third kappa shape index (κ3) is 2.98. The molecule has 0 unspecified atom stereocenters. The number of anilines is 2. The van der Waals surface area contributed by atoms with E-state index in [-0.39, 0.29) is 0 Å². The van der Waals surface area contributed by atoms with Crippen LogP contribution in [0.5, 0.6) is 11.5 Å². The molecule has 1 N–H and O–H groups in total. The number of hydrogen-bond acceptors (Lipinski definition) is 4. The van der Waals surface area contributed by atoms with Crippen LogP contribution in [0, 0.1) is 0 Å². The van der Waals surface area contributed by atoms with Crippen molar-refractivity contribution in [3.63, 3.8) is 0 Å². The largest absolute Gasteiger partial charge is 0.497 e. The lowest BCUT2D eigenvalue weighted by atomic mass is 10.2. The fraction of sp³-hybridized carbons (Fsp3) is 0.200. The van der Waals surface area contributed by atoms with Gasteiger partial charge in [-0.2, -0.15) is 0 Å². The summed E-state index contributed by atoms with van der Waals surface area (Å²) in [7, 11) is 5.21. The van der Waals surface area contributed by atoms with Crippen molar-refractivity contribution in [2.24, 2.45) is 0 Å². The molecule has 0 aliphatic heterocycles. The number of methoxy groups -OCH3 is 2. The van der Waals surface area contributed by atoms with Crippen molar-refractivity contribution in [2.45, 2.75) is 0 Å². The molecule has 2 aromatic carbocycles. The van der Waals surface area contributed by atoms with Gasteiger partial charge in [-0.15, -0.1) is 0 Å². The average Bonchev–Trinajstić information content (AvgIpc) is 2.49. The molecule has 4 nitrogen and oxygen atoms in total. The minimum absolute atomic E-state index is 0.842. The number of nitrogens with zero attached hydrogens (tertiary/aromatic N) is 1. The van der Waals surface area contributed by atoms with Gasteiger partial charge < -0.3 is 9.47 Å². The second-order valence-corrected chi connectivity index (χ2v) is 3.96. The summed E-state index contributed by atoms with van der Waals surface area (Å²) in [6, 6.07) is 15.7. The number of hydrogen-bond donors (Lipinski definition) is 1. The molecule has 4 heteroatoms. The van der Waals surface area contributed by atoms with Gasteiger partial charge in [0, 0.05) is 7.05 Å². The Balaban J connectivity index is 2.26. The van der Waals surface area contributed by atoms with E-state index in [1.807, 2.05) is 60.6 Å². The van der Waals surface area contributed by atoms with Crippen LogP contribution in [-0.4, -0.2) is 21.3 Å². The van der Waals surface area contributed by atoms with Gasteiger partial charge in [0.25, 0.3) is 0 Å². The molecular weight excluding hydrogens is 240 g/mol. The van der Waals surface area contributed by atoms with E-state index in [0.717, 1.165) is 22.9 Å². The standard InChI is InChI=1S/C15H18N2O2/c1-16-17(12-4-8-14(18-2)9-5-12)13-6-10-15(19-3)11-7-13/h4-11,16H,1-3H3. The highest BCUT2D eigenvalue weighted by molar-refractivity contribution is 5.63. The van der Waals surface area contributed by atoms with Gasteiger partial charge in [-0.05, 0) is 48.5 Å². The third-order valence-electron chi connectivity index (χ3n) is 2.88. The van der Waals surface area contributed by atoms with Crippen molar-refractivity contribution >= 4 is 11.4 Å². The van der Waals surface area contributed by atoms with Crippen LogP contribution in [0.15, 0.2) is 48.5 Å². The van der Waals surface area contributed by atoms with Crippen LogP contribution in [0.1, 0.15) is 0 Å². The minimum atomic E-state index is 0.842. The monoisotopic (exact) mass is 258 g/mol. The van der Waals surface area contributed by atoms with Gasteiger partial charge in [-0.25, -0.2) is 5.43 Å². The zero-order valence-electron chi connectivity index (χ0n) is 11.4. The van der Waals surface area contributed by atoms with Crippen molar-refractivity contribution in [3.8, 4) is 11.5 Å². The van der Waals surface area contributed by atoms with Gasteiger partial charge in [0.15, 0.2) is 0 Å². The van der Waals surface area contributed by atoms with E-state index in [9.17, 15) is 0 Å². The van der Waals surface area contributed by atoms with E-state index in [0.29, 0.717) is 0 Å². The predicted molar refractivity (Wildman–Crippen MR) is 77.2 cm³/mol. The fourth-order valence-electron chi connectivity index (χ4n) is 1.87. The lowest BCUT2D eigenvalue weighted by molar-refractivity contribution is 0.415. The summed E-state index contributed by atoms with van der Waals surface area (Å²) in [5.41, 5.74) is 5.23. The molecule has 0 radical (unpaired) electrons. The Bertz CT molecular complexity index is 461. The van der Waals surface area contributed by atoms with Gasteiger partial charge >= 0.3 is 0 Å². The topological polar surface area (TPSA) is 33.7 Å². The number of hydrazine groups is 1. The first-order valence-corrected chi connectivity index (χ1v) is 6.04. The van der Waals surface area contributed by atoms with Crippen LogP contribution in [0.25, 0.3) is 0 Å². The molecule has 0 amide bonds. The van der Waals surface area contributed by atoms with Crippen molar-refractivity contribution < 1.29 is 9.47 Å². The molecule has 2 rings (SSSR count). The van der Waals surface area contributed by atoms with Gasteiger partial charge in [0.05, 0.1) is 25.6 Å². The van der Waals surface area contributed by atoms with Crippen molar-refractivity contribution in [3.05, 3.63) is 48.5 Å². The molecule has 0 saturated carbocycles. The Morgan fingerprint density at radius 3 is 1.37 bits per heavy atom. The molecule has 19 heavy (non-hydrogen) atoms. The van der Waals surface area contributed by atoms with Crippen molar-refractivity contribution in [1.29, 1.82) is 0 Å². The quantitative estimate of drug-likeness (QED) is 0.836. The van der Waals surface area contributed by atoms with Crippen LogP contribution in [-0.2, 0) is 0 Å². The SMILES string of the molecule is CNN(c1ccc(OC)cc1)c1ccc(OC)cc1. The lowest BCUT2D eigenvalue weighted by Crippen LogP contribution is -2.29. The molecule has 0 aliphatic rings. The second kappa shape index (κ2) is 6.11. The molecule has 0 spiro atoms. The van der Waals surface area contributed by atoms with E-state index in [1.54, 1.807) is 14.2 Å². The van der Waals surface area contributed by atoms with Crippen LogP contribution >= 0.6 is 0 Å². The van der Waals surface area contributed by atoms with Gasteiger partial charge in [0.2, 0.25) is 0 Å². The Labute approximate surface area is 113 Å². The smallest absolute Gasteiger partial charge is 0.119 e. The van der Waals surface area contributed by atoms with Crippen LogP contribution in [0.4, 0.5) is 11.4 Å². The summed E-state index contributed by atoms with van der Waals surface area (Å²) in [6.45, 7) is 0. The fourth-order valence-corrected chi connectivity index (χ4v) is 1.87. The van der Waals surface area contributed by atoms with Crippen molar-refractivity contribution in [2.75, 3.05) is 26.3 Å². The number of nitrogens with one attached hydrogen (secondary N) is 1. The van der Waals surface area contributed by atoms with Gasteiger partial charge in [-0.3, -0.25) is 5.01 Å². The molecule has 0 bridgehead atoms. The molecule has 0 fully saturated rings. The van der Waals surface area contributed by atoms with Crippen LogP contribution in [0.3, 0.4) is 0 Å². The summed E-state index contributed by atoms with van der Waals surface area (Å²) in [5, 5.41) is 1.98. The van der Waals surface area contributed by atoms with Crippen LogP contribution < -0.4 is 19.9 Å². The molecular formula is C15H18N2O2. The first-order chi connectivity index (χ1) is 9.28. The zero-order chi connectivity index (χ0) is 13.7. The Hall–Kier alpha value is -2.20. The van der Waals surface area contributed by atoms with Crippen LogP contribution in [0.2, 0.25) is 0 Å². The highest BCUT2D eigenvalue weighted by atomic mass is 16.5. The molecule has 0 atom stereocenters. The highest BCUT2D eigenvalue weighted by Crippen LogP contribution is 2.26. The Morgan fingerprint density at radius 1 is 0.737 bits per heavy atom. The van der Waals surface area contributed by atoms with E-state index >= 15 is 0 Å². The van der Waals surface area contributed by atoms with E-state index in [2.05, 4.69) is 5.43 Å². The molecule has 2 aromatic rings. The predicted octanol–water partition coefficient (Wildman–Crippen LogP) is 2.98.